The molecule has 3 aromatic rings. The Labute approximate surface area is 194 Å². The first-order valence-corrected chi connectivity index (χ1v) is 11.2. The summed E-state index contributed by atoms with van der Waals surface area (Å²) < 4.78 is 5.80. The van der Waals surface area contributed by atoms with Crippen molar-refractivity contribution in [2.24, 2.45) is 16.9 Å². The van der Waals surface area contributed by atoms with Crippen LogP contribution >= 0.6 is 23.2 Å². The Morgan fingerprint density at radius 2 is 2.03 bits per heavy atom. The number of hydrogen-bond donors (Lipinski definition) is 3. The number of primary amides is 1. The molecular formula is C21H23Cl2N7O2. The predicted molar refractivity (Wildman–Crippen MR) is 123 cm³/mol. The minimum atomic E-state index is -0.673. The lowest BCUT2D eigenvalue weighted by Crippen LogP contribution is -2.51. The number of H-pyrrole nitrogens is 1. The second kappa shape index (κ2) is 7.84. The molecule has 2 atom stereocenters. The number of benzene rings is 1. The molecule has 4 heterocycles. The van der Waals surface area contributed by atoms with E-state index in [-0.39, 0.29) is 23.3 Å². The average Bonchev–Trinajstić information content (AvgIpc) is 3.33. The van der Waals surface area contributed by atoms with Gasteiger partial charge >= 0.3 is 0 Å². The smallest absolute Gasteiger partial charge is 0.268 e. The van der Waals surface area contributed by atoms with Crippen LogP contribution in [-0.2, 0) is 4.74 Å². The van der Waals surface area contributed by atoms with Crippen molar-refractivity contribution in [1.29, 1.82) is 0 Å². The van der Waals surface area contributed by atoms with Crippen molar-refractivity contribution in [1.82, 2.24) is 20.2 Å². The Balaban J connectivity index is 1.52. The lowest BCUT2D eigenvalue weighted by atomic mass is 9.73. The molecule has 9 nitrogen and oxygen atoms in total. The van der Waals surface area contributed by atoms with Gasteiger partial charge in [0, 0.05) is 30.1 Å². The molecule has 1 amide bonds. The van der Waals surface area contributed by atoms with Crippen LogP contribution in [-0.4, -0.2) is 57.9 Å². The van der Waals surface area contributed by atoms with E-state index in [1.807, 2.05) is 11.8 Å². The van der Waals surface area contributed by atoms with E-state index in [2.05, 4.69) is 20.2 Å². The third-order valence-electron chi connectivity index (χ3n) is 6.74. The van der Waals surface area contributed by atoms with Crippen molar-refractivity contribution < 1.29 is 9.53 Å². The summed E-state index contributed by atoms with van der Waals surface area (Å²) >= 11 is 12.5. The van der Waals surface area contributed by atoms with E-state index in [9.17, 15) is 4.79 Å². The topological polar surface area (TPSA) is 136 Å². The number of aromatic nitrogens is 4. The molecule has 1 spiro atoms. The number of anilines is 1. The minimum Gasteiger partial charge on any atom is -0.376 e. The number of rotatable bonds is 3. The van der Waals surface area contributed by atoms with Gasteiger partial charge in [0.25, 0.3) is 5.91 Å². The van der Waals surface area contributed by atoms with E-state index in [1.165, 1.54) is 0 Å². The number of piperidine rings is 1. The summed E-state index contributed by atoms with van der Waals surface area (Å²) in [6, 6.07) is 5.20. The first kappa shape index (κ1) is 21.4. The molecule has 2 aliphatic heterocycles. The molecule has 2 aliphatic rings. The van der Waals surface area contributed by atoms with Crippen LogP contribution in [0.25, 0.3) is 22.3 Å². The van der Waals surface area contributed by atoms with Crippen LogP contribution in [0.15, 0.2) is 18.2 Å². The molecule has 0 unspecified atom stereocenters. The van der Waals surface area contributed by atoms with Crippen molar-refractivity contribution in [3.05, 3.63) is 33.9 Å². The van der Waals surface area contributed by atoms with Crippen LogP contribution in [0.5, 0.6) is 0 Å². The van der Waals surface area contributed by atoms with Crippen molar-refractivity contribution in [3.63, 3.8) is 0 Å². The van der Waals surface area contributed by atoms with Gasteiger partial charge in [-0.15, -0.1) is 0 Å². The van der Waals surface area contributed by atoms with Gasteiger partial charge in [0.05, 0.1) is 28.1 Å². The number of carbonyl (C=O) groups is 1. The molecule has 5 rings (SSSR count). The summed E-state index contributed by atoms with van der Waals surface area (Å²) in [5, 5.41) is 8.36. The highest BCUT2D eigenvalue weighted by atomic mass is 35.5. The van der Waals surface area contributed by atoms with Gasteiger partial charge in [-0.25, -0.2) is 4.98 Å². The molecule has 5 N–H and O–H groups in total. The molecule has 0 aliphatic carbocycles. The molecule has 2 fully saturated rings. The molecular weight excluding hydrogens is 453 g/mol. The number of carbonyl (C=O) groups excluding carboxylic acids is 1. The zero-order valence-electron chi connectivity index (χ0n) is 17.4. The molecule has 0 bridgehead atoms. The number of nitrogens with zero attached hydrogens (tertiary/aromatic N) is 4. The van der Waals surface area contributed by atoms with Crippen LogP contribution < -0.4 is 16.4 Å². The van der Waals surface area contributed by atoms with Crippen LogP contribution in [0.1, 0.15) is 30.3 Å². The van der Waals surface area contributed by atoms with E-state index in [4.69, 9.17) is 39.4 Å². The van der Waals surface area contributed by atoms with Gasteiger partial charge in [-0.1, -0.05) is 35.3 Å². The summed E-state index contributed by atoms with van der Waals surface area (Å²) in [6.07, 6.45) is 1.77. The molecule has 32 heavy (non-hydrogen) atoms. The predicted octanol–water partition coefficient (Wildman–Crippen LogP) is 2.76. The van der Waals surface area contributed by atoms with Gasteiger partial charge in [0.2, 0.25) is 5.95 Å². The van der Waals surface area contributed by atoms with Gasteiger partial charge in [-0.05, 0) is 25.8 Å². The SMILES string of the molecule is C[C@@H]1OCC2(CCN(c3nc(C(N)=O)c4c(-c5cccc(Cl)c5Cl)n[nH]c4n3)CC2)[C@@H]1N. The fraction of sp³-hybridized carbons (Fsp3) is 0.429. The lowest BCUT2D eigenvalue weighted by Gasteiger charge is -2.41. The molecule has 0 saturated carbocycles. The molecule has 2 saturated heterocycles. The number of aromatic amines is 1. The van der Waals surface area contributed by atoms with Crippen molar-refractivity contribution in [3.8, 4) is 11.3 Å². The summed E-state index contributed by atoms with van der Waals surface area (Å²) in [4.78, 5) is 23.6. The second-order valence-corrected chi connectivity index (χ2v) is 9.31. The van der Waals surface area contributed by atoms with Gasteiger partial charge in [0.15, 0.2) is 5.65 Å². The third-order valence-corrected chi connectivity index (χ3v) is 7.56. The highest BCUT2D eigenvalue weighted by Crippen LogP contribution is 2.42. The molecule has 1 aromatic carbocycles. The zero-order chi connectivity index (χ0) is 22.6. The maximum Gasteiger partial charge on any atom is 0.268 e. The fourth-order valence-corrected chi connectivity index (χ4v) is 5.14. The van der Waals surface area contributed by atoms with Crippen LogP contribution in [0, 0.1) is 5.41 Å². The first-order valence-electron chi connectivity index (χ1n) is 10.4. The van der Waals surface area contributed by atoms with E-state index in [1.54, 1.807) is 18.2 Å². The lowest BCUT2D eigenvalue weighted by molar-refractivity contribution is 0.0973. The van der Waals surface area contributed by atoms with Crippen LogP contribution in [0.4, 0.5) is 5.95 Å². The second-order valence-electron chi connectivity index (χ2n) is 8.52. The Morgan fingerprint density at radius 1 is 1.28 bits per heavy atom. The third kappa shape index (κ3) is 3.31. The highest BCUT2D eigenvalue weighted by molar-refractivity contribution is 6.43. The van der Waals surface area contributed by atoms with Crippen molar-refractivity contribution in [2.45, 2.75) is 31.9 Å². The van der Waals surface area contributed by atoms with Crippen molar-refractivity contribution >= 4 is 46.1 Å². The van der Waals surface area contributed by atoms with Crippen LogP contribution in [0.3, 0.4) is 0 Å². The van der Waals surface area contributed by atoms with Gasteiger partial charge < -0.3 is 21.1 Å². The maximum atomic E-state index is 12.3. The summed E-state index contributed by atoms with van der Waals surface area (Å²) in [6.45, 7) is 4.09. The number of nitrogens with two attached hydrogens (primary N) is 2. The molecule has 168 valence electrons. The number of ether oxygens (including phenoxy) is 1. The monoisotopic (exact) mass is 475 g/mol. The Hall–Kier alpha value is -2.46. The number of halogens is 2. The average molecular weight is 476 g/mol. The minimum absolute atomic E-state index is 0.00633. The van der Waals surface area contributed by atoms with Crippen molar-refractivity contribution in [2.75, 3.05) is 24.6 Å². The fourth-order valence-electron chi connectivity index (χ4n) is 4.75. The quantitative estimate of drug-likeness (QED) is 0.529. The maximum absolute atomic E-state index is 12.3. The van der Waals surface area contributed by atoms with Gasteiger partial charge in [0.1, 0.15) is 11.4 Å². The van der Waals surface area contributed by atoms with E-state index >= 15 is 0 Å². The first-order chi connectivity index (χ1) is 15.3. The zero-order valence-corrected chi connectivity index (χ0v) is 19.0. The number of amides is 1. The van der Waals surface area contributed by atoms with E-state index in [0.29, 0.717) is 58.0 Å². The number of hydrogen-bond acceptors (Lipinski definition) is 7. The largest absolute Gasteiger partial charge is 0.376 e. The molecule has 0 radical (unpaired) electrons. The molecule has 2 aromatic heterocycles. The Morgan fingerprint density at radius 3 is 2.69 bits per heavy atom. The summed E-state index contributed by atoms with van der Waals surface area (Å²) in [7, 11) is 0. The summed E-state index contributed by atoms with van der Waals surface area (Å²) in [5.41, 5.74) is 13.6. The normalized spacial score (nSPS) is 22.7. The van der Waals surface area contributed by atoms with Gasteiger partial charge in [-0.2, -0.15) is 10.1 Å². The standard InChI is InChI=1S/C21H23Cl2N7O2/c1-10-17(24)21(9-32-10)5-7-30(8-6-21)20-26-16(18(25)31)13-15(28-29-19(13)27-20)11-3-2-4-12(22)14(11)23/h2-4,10,17H,5-9,24H2,1H3,(H2,25,31)(H,26,27,28,29)/t10-,17+/m0/s1. The van der Waals surface area contributed by atoms with E-state index in [0.717, 1.165) is 12.8 Å². The van der Waals surface area contributed by atoms with Gasteiger partial charge in [-0.3, -0.25) is 9.89 Å². The van der Waals surface area contributed by atoms with Crippen LogP contribution in [0.2, 0.25) is 10.0 Å². The summed E-state index contributed by atoms with van der Waals surface area (Å²) in [5.74, 6) is -0.248. The van der Waals surface area contributed by atoms with E-state index < -0.39 is 5.91 Å². The Bertz CT molecular complexity index is 1210. The molecule has 11 heteroatoms. The Kier molecular flexibility index (Phi) is 5.24. The number of nitrogens with one attached hydrogen (secondary N) is 1. The number of fused-ring (bicyclic) bond motifs is 1. The highest BCUT2D eigenvalue weighted by Gasteiger charge is 2.47.